The molecule has 0 spiro atoms. The van der Waals surface area contributed by atoms with Crippen LogP contribution < -0.4 is 9.47 Å². The van der Waals surface area contributed by atoms with Crippen molar-refractivity contribution >= 4 is 10.0 Å². The fraction of sp³-hybridized carbons (Fsp3) is 0.333. The Morgan fingerprint density at radius 1 is 1.19 bits per heavy atom. The van der Waals surface area contributed by atoms with Gasteiger partial charge >= 0.3 is 0 Å². The number of pyridine rings is 1. The summed E-state index contributed by atoms with van der Waals surface area (Å²) >= 11 is 0. The van der Waals surface area contributed by atoms with Crippen LogP contribution in [0.5, 0.6) is 11.5 Å². The molecule has 1 aliphatic heterocycles. The van der Waals surface area contributed by atoms with Gasteiger partial charge in [0, 0.05) is 44.4 Å². The number of sulfonamides is 1. The van der Waals surface area contributed by atoms with E-state index in [1.54, 1.807) is 30.6 Å². The van der Waals surface area contributed by atoms with E-state index in [1.165, 1.54) is 16.4 Å². The van der Waals surface area contributed by atoms with Gasteiger partial charge in [0.1, 0.15) is 0 Å². The molecule has 0 atom stereocenters. The molecule has 7 nitrogen and oxygen atoms in total. The molecule has 2 heterocycles. The van der Waals surface area contributed by atoms with Crippen molar-refractivity contribution in [2.45, 2.75) is 24.3 Å². The summed E-state index contributed by atoms with van der Waals surface area (Å²) in [4.78, 5) is 4.13. The molecule has 0 bridgehead atoms. The maximum absolute atomic E-state index is 13.1. The highest BCUT2D eigenvalue weighted by Crippen LogP contribution is 2.33. The van der Waals surface area contributed by atoms with Crippen molar-refractivity contribution in [2.75, 3.05) is 19.8 Å². The maximum atomic E-state index is 13.1. The number of ether oxygens (including phenoxy) is 2. The van der Waals surface area contributed by atoms with Gasteiger partial charge in [-0.15, -0.1) is 0 Å². The number of fused-ring (bicyclic) bond motifs is 1. The van der Waals surface area contributed by atoms with E-state index in [2.05, 4.69) is 4.98 Å². The van der Waals surface area contributed by atoms with Crippen molar-refractivity contribution in [1.82, 2.24) is 9.29 Å². The molecule has 0 saturated heterocycles. The standard InChI is InChI=1S/C18H19N3O4S/c19-7-2-9-21(14-15-4-1-8-20-13-15)26(22,23)16-5-6-17-18(12-16)25-11-3-10-24-17/h1,4-6,8,12-13H,2-3,9-11,14H2. The van der Waals surface area contributed by atoms with Crippen LogP contribution in [0.25, 0.3) is 0 Å². The Balaban J connectivity index is 1.91. The summed E-state index contributed by atoms with van der Waals surface area (Å²) in [5.74, 6) is 0.961. The molecule has 0 radical (unpaired) electrons. The average molecular weight is 373 g/mol. The summed E-state index contributed by atoms with van der Waals surface area (Å²) < 4.78 is 38.7. The van der Waals surface area contributed by atoms with E-state index in [4.69, 9.17) is 14.7 Å². The van der Waals surface area contributed by atoms with E-state index in [1.807, 2.05) is 6.07 Å². The van der Waals surface area contributed by atoms with E-state index < -0.39 is 10.0 Å². The Morgan fingerprint density at radius 2 is 2.00 bits per heavy atom. The van der Waals surface area contributed by atoms with Crippen LogP contribution in [0, 0.1) is 11.3 Å². The maximum Gasteiger partial charge on any atom is 0.243 e. The topological polar surface area (TPSA) is 92.5 Å². The minimum absolute atomic E-state index is 0.0994. The van der Waals surface area contributed by atoms with Crippen LogP contribution in [0.3, 0.4) is 0 Å². The predicted molar refractivity (Wildman–Crippen MR) is 94.1 cm³/mol. The van der Waals surface area contributed by atoms with Gasteiger partial charge < -0.3 is 9.47 Å². The van der Waals surface area contributed by atoms with Crippen LogP contribution >= 0.6 is 0 Å². The van der Waals surface area contributed by atoms with E-state index in [9.17, 15) is 8.42 Å². The van der Waals surface area contributed by atoms with Crippen LogP contribution in [0.15, 0.2) is 47.6 Å². The molecule has 0 amide bonds. The van der Waals surface area contributed by atoms with Crippen LogP contribution in [-0.2, 0) is 16.6 Å². The molecule has 136 valence electrons. The molecule has 0 aliphatic carbocycles. The van der Waals surface area contributed by atoms with Gasteiger partial charge in [-0.05, 0) is 23.8 Å². The second-order valence-corrected chi connectivity index (χ2v) is 7.70. The zero-order valence-corrected chi connectivity index (χ0v) is 15.0. The number of hydrogen-bond donors (Lipinski definition) is 0. The van der Waals surface area contributed by atoms with Crippen molar-refractivity contribution in [1.29, 1.82) is 5.26 Å². The summed E-state index contributed by atoms with van der Waals surface area (Å²) in [6.45, 7) is 1.26. The molecule has 8 heteroatoms. The van der Waals surface area contributed by atoms with Gasteiger partial charge in [0.05, 0.1) is 24.2 Å². The molecule has 0 unspecified atom stereocenters. The number of rotatable bonds is 6. The number of nitrogens with zero attached hydrogens (tertiary/aromatic N) is 3. The van der Waals surface area contributed by atoms with Crippen molar-refractivity contribution in [3.8, 4) is 17.6 Å². The summed E-state index contributed by atoms with van der Waals surface area (Å²) in [5, 5.41) is 8.89. The first kappa shape index (κ1) is 18.2. The number of aromatic nitrogens is 1. The van der Waals surface area contributed by atoms with E-state index >= 15 is 0 Å². The Labute approximate surface area is 152 Å². The zero-order valence-electron chi connectivity index (χ0n) is 14.2. The summed E-state index contributed by atoms with van der Waals surface area (Å²) in [7, 11) is -3.80. The molecule has 0 fully saturated rings. The number of nitriles is 1. The second kappa shape index (κ2) is 8.17. The lowest BCUT2D eigenvalue weighted by Gasteiger charge is -2.21. The second-order valence-electron chi connectivity index (χ2n) is 5.77. The smallest absolute Gasteiger partial charge is 0.243 e. The minimum Gasteiger partial charge on any atom is -0.490 e. The zero-order chi connectivity index (χ0) is 18.4. The van der Waals surface area contributed by atoms with Gasteiger partial charge in [-0.25, -0.2) is 8.42 Å². The van der Waals surface area contributed by atoms with Gasteiger partial charge in [-0.1, -0.05) is 6.07 Å². The molecule has 1 aromatic heterocycles. The molecule has 3 rings (SSSR count). The molecule has 0 N–H and O–H groups in total. The first-order valence-electron chi connectivity index (χ1n) is 8.27. The fourth-order valence-corrected chi connectivity index (χ4v) is 4.05. The van der Waals surface area contributed by atoms with E-state index in [0.717, 1.165) is 12.0 Å². The third kappa shape index (κ3) is 4.12. The first-order chi connectivity index (χ1) is 12.6. The fourth-order valence-electron chi connectivity index (χ4n) is 2.61. The molecule has 1 aliphatic rings. The summed E-state index contributed by atoms with van der Waals surface area (Å²) in [6.07, 6.45) is 4.08. The van der Waals surface area contributed by atoms with Crippen molar-refractivity contribution < 1.29 is 17.9 Å². The highest BCUT2D eigenvalue weighted by atomic mass is 32.2. The van der Waals surface area contributed by atoms with Gasteiger partial charge in [-0.3, -0.25) is 4.98 Å². The van der Waals surface area contributed by atoms with Crippen LogP contribution in [-0.4, -0.2) is 37.5 Å². The lowest BCUT2D eigenvalue weighted by atomic mass is 10.3. The van der Waals surface area contributed by atoms with Gasteiger partial charge in [0.2, 0.25) is 10.0 Å². The van der Waals surface area contributed by atoms with Crippen LogP contribution in [0.1, 0.15) is 18.4 Å². The van der Waals surface area contributed by atoms with E-state index in [0.29, 0.717) is 24.7 Å². The molecule has 0 saturated carbocycles. The van der Waals surface area contributed by atoms with E-state index in [-0.39, 0.29) is 24.4 Å². The van der Waals surface area contributed by atoms with Gasteiger partial charge in [0.25, 0.3) is 0 Å². The normalized spacial score (nSPS) is 13.8. The average Bonchev–Trinajstić information content (AvgIpc) is 2.90. The highest BCUT2D eigenvalue weighted by molar-refractivity contribution is 7.89. The minimum atomic E-state index is -3.80. The SMILES string of the molecule is N#CCCN(Cc1cccnc1)S(=O)(=O)c1ccc2c(c1)OCCCO2. The quantitative estimate of drug-likeness (QED) is 0.772. The van der Waals surface area contributed by atoms with Crippen LogP contribution in [0.4, 0.5) is 0 Å². The molecular weight excluding hydrogens is 354 g/mol. The van der Waals surface area contributed by atoms with Crippen LogP contribution in [0.2, 0.25) is 0 Å². The van der Waals surface area contributed by atoms with Crippen molar-refractivity contribution in [3.63, 3.8) is 0 Å². The largest absolute Gasteiger partial charge is 0.490 e. The Bertz CT molecular complexity index is 894. The molecular formula is C18H19N3O4S. The van der Waals surface area contributed by atoms with Gasteiger partial charge in [-0.2, -0.15) is 9.57 Å². The Kier molecular flexibility index (Phi) is 5.71. The predicted octanol–water partition coefficient (Wildman–Crippen LogP) is 2.35. The third-order valence-corrected chi connectivity index (χ3v) is 5.75. The highest BCUT2D eigenvalue weighted by Gasteiger charge is 2.26. The lowest BCUT2D eigenvalue weighted by Crippen LogP contribution is -2.31. The summed E-state index contributed by atoms with van der Waals surface area (Å²) in [6, 6.07) is 10.2. The number of benzene rings is 1. The molecule has 1 aromatic carbocycles. The lowest BCUT2D eigenvalue weighted by molar-refractivity contribution is 0.296. The number of hydrogen-bond acceptors (Lipinski definition) is 6. The van der Waals surface area contributed by atoms with Crippen molar-refractivity contribution in [3.05, 3.63) is 48.3 Å². The first-order valence-corrected chi connectivity index (χ1v) is 9.71. The molecule has 2 aromatic rings. The summed E-state index contributed by atoms with van der Waals surface area (Å²) in [5.41, 5.74) is 0.753. The third-order valence-electron chi connectivity index (χ3n) is 3.91. The van der Waals surface area contributed by atoms with Crippen molar-refractivity contribution in [2.24, 2.45) is 0 Å². The molecule has 26 heavy (non-hydrogen) atoms. The van der Waals surface area contributed by atoms with Gasteiger partial charge in [0.15, 0.2) is 11.5 Å². The monoisotopic (exact) mass is 373 g/mol. The Hall–Kier alpha value is -2.63. The Morgan fingerprint density at radius 3 is 2.73 bits per heavy atom.